The Morgan fingerprint density at radius 1 is 1.16 bits per heavy atom. The summed E-state index contributed by atoms with van der Waals surface area (Å²) < 4.78 is 10.0. The Kier molecular flexibility index (Phi) is 8.21. The van der Waals surface area contributed by atoms with Crippen LogP contribution in [0.25, 0.3) is 6.08 Å². The number of aromatic hydroxyl groups is 1. The zero-order valence-corrected chi connectivity index (χ0v) is 15.9. The van der Waals surface area contributed by atoms with E-state index in [4.69, 9.17) is 14.6 Å². The molecule has 0 atom stereocenters. The second kappa shape index (κ2) is 9.88. The van der Waals surface area contributed by atoms with Crippen LogP contribution in [0.1, 0.15) is 17.3 Å². The number of carboxylic acids is 1. The van der Waals surface area contributed by atoms with Crippen molar-refractivity contribution in [2.24, 2.45) is 0 Å². The van der Waals surface area contributed by atoms with Crippen LogP contribution in [-0.4, -0.2) is 35.7 Å². The van der Waals surface area contributed by atoms with Gasteiger partial charge in [-0.3, -0.25) is 4.79 Å². The first-order valence-electron chi connectivity index (χ1n) is 7.03. The van der Waals surface area contributed by atoms with Crippen LogP contribution in [0.2, 0.25) is 0 Å². The van der Waals surface area contributed by atoms with Crippen molar-refractivity contribution >= 4 is 17.8 Å². The second-order valence-corrected chi connectivity index (χ2v) is 4.84. The third-order valence-electron chi connectivity index (χ3n) is 3.13. The number of phenolic OH excluding ortho intramolecular Hbond substituents is 1. The number of ether oxygens (including phenoxy) is 2. The van der Waals surface area contributed by atoms with Crippen molar-refractivity contribution in [1.82, 2.24) is 0 Å². The third-order valence-corrected chi connectivity index (χ3v) is 3.13. The van der Waals surface area contributed by atoms with Crippen LogP contribution in [0.3, 0.4) is 0 Å². The average molecular weight is 352 g/mol. The SMILES string of the molecule is COc1cc(/C=C/C(=O)c2ccc(OCC(=O)O)cc2)ccc1O.[H-].[Na+]. The van der Waals surface area contributed by atoms with Crippen LogP contribution >= 0.6 is 0 Å². The molecule has 0 saturated heterocycles. The molecule has 0 heterocycles. The number of phenols is 1. The van der Waals surface area contributed by atoms with Crippen LogP contribution in [-0.2, 0) is 4.79 Å². The van der Waals surface area contributed by atoms with Gasteiger partial charge in [-0.05, 0) is 48.0 Å². The number of aliphatic carboxylic acids is 1. The topological polar surface area (TPSA) is 93.1 Å². The number of benzene rings is 2. The monoisotopic (exact) mass is 352 g/mol. The molecular weight excluding hydrogens is 335 g/mol. The zero-order chi connectivity index (χ0) is 17.5. The maximum atomic E-state index is 12.1. The average Bonchev–Trinajstić information content (AvgIpc) is 2.59. The molecule has 0 saturated carbocycles. The minimum Gasteiger partial charge on any atom is -1.00 e. The molecule has 2 N–H and O–H groups in total. The van der Waals surface area contributed by atoms with Crippen LogP contribution < -0.4 is 39.0 Å². The minimum atomic E-state index is -1.07. The molecule has 0 aliphatic carbocycles. The van der Waals surface area contributed by atoms with Crippen molar-refractivity contribution in [2.45, 2.75) is 0 Å². The Bertz CT molecular complexity index is 774. The van der Waals surface area contributed by atoms with Crippen molar-refractivity contribution < 1.29 is 60.3 Å². The van der Waals surface area contributed by atoms with Gasteiger partial charge in [0.15, 0.2) is 23.9 Å². The Balaban J connectivity index is 0.00000312. The van der Waals surface area contributed by atoms with E-state index in [9.17, 15) is 14.7 Å². The molecule has 0 amide bonds. The predicted molar refractivity (Wildman–Crippen MR) is 88.7 cm³/mol. The maximum Gasteiger partial charge on any atom is 1.00 e. The molecule has 2 aromatic carbocycles. The summed E-state index contributed by atoms with van der Waals surface area (Å²) in [6.07, 6.45) is 3.01. The molecule has 0 aliphatic heterocycles. The number of methoxy groups -OCH3 is 1. The molecule has 0 unspecified atom stereocenters. The van der Waals surface area contributed by atoms with E-state index in [2.05, 4.69) is 0 Å². The molecule has 0 radical (unpaired) electrons. The first kappa shape index (κ1) is 20.8. The van der Waals surface area contributed by atoms with Crippen molar-refractivity contribution in [3.8, 4) is 17.2 Å². The van der Waals surface area contributed by atoms with Crippen LogP contribution in [0.15, 0.2) is 48.5 Å². The fourth-order valence-corrected chi connectivity index (χ4v) is 1.93. The summed E-state index contributed by atoms with van der Waals surface area (Å²) in [5, 5.41) is 18.1. The summed E-state index contributed by atoms with van der Waals surface area (Å²) in [5.41, 5.74) is 1.15. The van der Waals surface area contributed by atoms with Gasteiger partial charge in [-0.2, -0.15) is 0 Å². The smallest absolute Gasteiger partial charge is 1.00 e. The number of rotatable bonds is 7. The number of carbonyl (C=O) groups is 2. The maximum absolute atomic E-state index is 12.1. The molecule has 0 aromatic heterocycles. The molecule has 0 aliphatic rings. The van der Waals surface area contributed by atoms with Gasteiger partial charge in [-0.15, -0.1) is 0 Å². The molecule has 7 heteroatoms. The van der Waals surface area contributed by atoms with Gasteiger partial charge in [0, 0.05) is 5.56 Å². The summed E-state index contributed by atoms with van der Waals surface area (Å²) in [4.78, 5) is 22.5. The first-order chi connectivity index (χ1) is 11.5. The van der Waals surface area contributed by atoms with Crippen molar-refractivity contribution in [1.29, 1.82) is 0 Å². The van der Waals surface area contributed by atoms with Crippen molar-refractivity contribution in [3.05, 3.63) is 59.7 Å². The van der Waals surface area contributed by atoms with Crippen LogP contribution in [0.5, 0.6) is 17.2 Å². The molecule has 25 heavy (non-hydrogen) atoms. The zero-order valence-electron chi connectivity index (χ0n) is 14.9. The normalized spacial score (nSPS) is 10.1. The van der Waals surface area contributed by atoms with E-state index in [0.717, 1.165) is 0 Å². The van der Waals surface area contributed by atoms with Gasteiger partial charge < -0.3 is 21.1 Å². The molecule has 0 spiro atoms. The molecule has 2 rings (SSSR count). The van der Waals surface area contributed by atoms with E-state index in [0.29, 0.717) is 22.6 Å². The predicted octanol–water partition coefficient (Wildman–Crippen LogP) is -0.123. The van der Waals surface area contributed by atoms with E-state index in [-0.39, 0.29) is 42.5 Å². The van der Waals surface area contributed by atoms with Gasteiger partial charge in [0.2, 0.25) is 0 Å². The molecule has 6 nitrogen and oxygen atoms in total. The number of hydrogen-bond donors (Lipinski definition) is 2. The Labute approximate surface area is 168 Å². The van der Waals surface area contributed by atoms with Gasteiger partial charge in [0.05, 0.1) is 7.11 Å². The molecular formula is C18H17NaO6. The standard InChI is InChI=1S/C18H16O6.Na.H/c1-23-17-10-12(3-9-16(17)20)2-8-15(19)13-4-6-14(7-5-13)24-11-18(21)22;;/h2-10,20H,11H2,1H3,(H,21,22);;/q;+1;-1/b8-2+;;. The summed E-state index contributed by atoms with van der Waals surface area (Å²) in [6, 6.07) is 10.9. The molecule has 0 fully saturated rings. The number of carbonyl (C=O) groups excluding carboxylic acids is 1. The number of ketones is 1. The van der Waals surface area contributed by atoms with Gasteiger partial charge in [-0.1, -0.05) is 12.1 Å². The first-order valence-corrected chi connectivity index (χ1v) is 7.03. The van der Waals surface area contributed by atoms with Gasteiger partial charge >= 0.3 is 35.5 Å². The summed E-state index contributed by atoms with van der Waals surface area (Å²) >= 11 is 0. The van der Waals surface area contributed by atoms with Gasteiger partial charge in [0.1, 0.15) is 5.75 Å². The fourth-order valence-electron chi connectivity index (χ4n) is 1.93. The van der Waals surface area contributed by atoms with E-state index in [1.807, 2.05) is 0 Å². The van der Waals surface area contributed by atoms with E-state index in [1.54, 1.807) is 30.3 Å². The largest absolute Gasteiger partial charge is 1.00 e. The van der Waals surface area contributed by atoms with Gasteiger partial charge in [0.25, 0.3) is 0 Å². The minimum absolute atomic E-state index is 0. The van der Waals surface area contributed by atoms with Crippen LogP contribution in [0, 0.1) is 0 Å². The summed E-state index contributed by atoms with van der Waals surface area (Å²) in [5.74, 6) is -0.558. The molecule has 0 bridgehead atoms. The van der Waals surface area contributed by atoms with Gasteiger partial charge in [-0.25, -0.2) is 4.79 Å². The van der Waals surface area contributed by atoms with Crippen molar-refractivity contribution in [3.63, 3.8) is 0 Å². The number of hydrogen-bond acceptors (Lipinski definition) is 5. The Hall–Kier alpha value is -2.28. The summed E-state index contributed by atoms with van der Waals surface area (Å²) in [7, 11) is 1.45. The van der Waals surface area contributed by atoms with E-state index in [1.165, 1.54) is 31.4 Å². The molecule has 2 aromatic rings. The number of carboxylic acid groups (broad SMARTS) is 1. The van der Waals surface area contributed by atoms with Crippen molar-refractivity contribution in [2.75, 3.05) is 13.7 Å². The molecule has 126 valence electrons. The summed E-state index contributed by atoms with van der Waals surface area (Å²) in [6.45, 7) is -0.435. The van der Waals surface area contributed by atoms with E-state index >= 15 is 0 Å². The van der Waals surface area contributed by atoms with E-state index < -0.39 is 12.6 Å². The fraction of sp³-hybridized carbons (Fsp3) is 0.111. The quantitative estimate of drug-likeness (QED) is 0.410. The van der Waals surface area contributed by atoms with Crippen LogP contribution in [0.4, 0.5) is 0 Å². The number of allylic oxidation sites excluding steroid dienone is 1. The second-order valence-electron chi connectivity index (χ2n) is 4.84. The third kappa shape index (κ3) is 6.26. The Morgan fingerprint density at radius 3 is 2.44 bits per heavy atom. The Morgan fingerprint density at radius 2 is 1.84 bits per heavy atom.